The van der Waals surface area contributed by atoms with E-state index in [2.05, 4.69) is 25.9 Å². The third-order valence-electron chi connectivity index (χ3n) is 5.13. The quantitative estimate of drug-likeness (QED) is 0.157. The average Bonchev–Trinajstić information content (AvgIpc) is 3.27. The van der Waals surface area contributed by atoms with Crippen molar-refractivity contribution in [2.45, 2.75) is 64.1 Å². The SMILES string of the molecule is CCC(C)C(NC(=O)CNC(=O)C(N)Cc1cnc[nH]1)C(=O)NC(CCCCN)C(=O)O. The van der Waals surface area contributed by atoms with E-state index in [-0.39, 0.29) is 25.3 Å². The van der Waals surface area contributed by atoms with Gasteiger partial charge in [0.2, 0.25) is 17.7 Å². The highest BCUT2D eigenvalue weighted by atomic mass is 16.4. The van der Waals surface area contributed by atoms with Crippen molar-refractivity contribution in [3.8, 4) is 0 Å². The highest BCUT2D eigenvalue weighted by Crippen LogP contribution is 2.10. The summed E-state index contributed by atoms with van der Waals surface area (Å²) < 4.78 is 0. The van der Waals surface area contributed by atoms with Crippen molar-refractivity contribution in [2.75, 3.05) is 13.1 Å². The molecule has 1 aromatic heterocycles. The second-order valence-corrected chi connectivity index (χ2v) is 7.72. The van der Waals surface area contributed by atoms with Crippen molar-refractivity contribution in [1.82, 2.24) is 25.9 Å². The molecule has 12 nitrogen and oxygen atoms in total. The average molecular weight is 454 g/mol. The Labute approximate surface area is 187 Å². The largest absolute Gasteiger partial charge is 0.480 e. The molecule has 3 amide bonds. The summed E-state index contributed by atoms with van der Waals surface area (Å²) in [4.78, 5) is 55.4. The smallest absolute Gasteiger partial charge is 0.326 e. The van der Waals surface area contributed by atoms with Crippen molar-refractivity contribution >= 4 is 23.7 Å². The first kappa shape index (κ1) is 27.0. The van der Waals surface area contributed by atoms with Gasteiger partial charge in [-0.15, -0.1) is 0 Å². The van der Waals surface area contributed by atoms with E-state index < -0.39 is 41.8 Å². The zero-order valence-corrected chi connectivity index (χ0v) is 18.6. The van der Waals surface area contributed by atoms with Crippen LogP contribution in [0.15, 0.2) is 12.5 Å². The Hall–Kier alpha value is -2.99. The highest BCUT2D eigenvalue weighted by molar-refractivity contribution is 5.92. The fourth-order valence-electron chi connectivity index (χ4n) is 2.96. The van der Waals surface area contributed by atoms with E-state index in [1.165, 1.54) is 6.33 Å². The normalized spacial score (nSPS) is 14.6. The number of unbranched alkanes of at least 4 members (excludes halogenated alkanes) is 1. The molecule has 4 atom stereocenters. The summed E-state index contributed by atoms with van der Waals surface area (Å²) in [6.45, 7) is 3.69. The molecule has 0 aliphatic heterocycles. The lowest BCUT2D eigenvalue weighted by atomic mass is 9.97. The molecule has 9 N–H and O–H groups in total. The minimum atomic E-state index is -1.15. The van der Waals surface area contributed by atoms with Crippen LogP contribution in [0, 0.1) is 5.92 Å². The van der Waals surface area contributed by atoms with E-state index in [1.807, 2.05) is 6.92 Å². The number of carboxylic acids is 1. The van der Waals surface area contributed by atoms with Gasteiger partial charge in [0.1, 0.15) is 12.1 Å². The number of hydrogen-bond acceptors (Lipinski definition) is 7. The van der Waals surface area contributed by atoms with Crippen LogP contribution in [0.3, 0.4) is 0 Å². The van der Waals surface area contributed by atoms with Crippen LogP contribution in [-0.2, 0) is 25.6 Å². The Kier molecular flexibility index (Phi) is 12.0. The number of H-pyrrole nitrogens is 1. The number of aromatic nitrogens is 2. The summed E-state index contributed by atoms with van der Waals surface area (Å²) >= 11 is 0. The van der Waals surface area contributed by atoms with Gasteiger partial charge in [0.15, 0.2) is 0 Å². The molecule has 0 aromatic carbocycles. The number of carboxylic acid groups (broad SMARTS) is 1. The molecule has 1 heterocycles. The number of nitrogens with zero attached hydrogens (tertiary/aromatic N) is 1. The first-order chi connectivity index (χ1) is 15.2. The van der Waals surface area contributed by atoms with Gasteiger partial charge >= 0.3 is 5.97 Å². The summed E-state index contributed by atoms with van der Waals surface area (Å²) in [7, 11) is 0. The predicted molar refractivity (Wildman–Crippen MR) is 117 cm³/mol. The van der Waals surface area contributed by atoms with Crippen LogP contribution in [0.4, 0.5) is 0 Å². The van der Waals surface area contributed by atoms with Gasteiger partial charge in [0.25, 0.3) is 0 Å². The number of amides is 3. The van der Waals surface area contributed by atoms with Crippen molar-refractivity contribution in [2.24, 2.45) is 17.4 Å². The van der Waals surface area contributed by atoms with E-state index in [4.69, 9.17) is 11.5 Å². The maximum absolute atomic E-state index is 12.7. The molecule has 180 valence electrons. The van der Waals surface area contributed by atoms with Gasteiger partial charge in [-0.05, 0) is 31.7 Å². The Bertz CT molecular complexity index is 741. The number of aliphatic carboxylic acids is 1. The summed E-state index contributed by atoms with van der Waals surface area (Å²) in [5, 5.41) is 16.9. The lowest BCUT2D eigenvalue weighted by Crippen LogP contribution is -2.56. The maximum atomic E-state index is 12.7. The number of carbonyl (C=O) groups is 4. The second-order valence-electron chi connectivity index (χ2n) is 7.72. The van der Waals surface area contributed by atoms with Crippen LogP contribution in [0.5, 0.6) is 0 Å². The lowest BCUT2D eigenvalue weighted by Gasteiger charge is -2.25. The highest BCUT2D eigenvalue weighted by Gasteiger charge is 2.29. The van der Waals surface area contributed by atoms with E-state index in [9.17, 15) is 24.3 Å². The molecule has 0 radical (unpaired) electrons. The van der Waals surface area contributed by atoms with Gasteiger partial charge in [-0.3, -0.25) is 14.4 Å². The minimum Gasteiger partial charge on any atom is -0.480 e. The van der Waals surface area contributed by atoms with Crippen LogP contribution < -0.4 is 27.4 Å². The molecule has 0 bridgehead atoms. The molecule has 0 fully saturated rings. The Morgan fingerprint density at radius 1 is 1.19 bits per heavy atom. The van der Waals surface area contributed by atoms with Crippen molar-refractivity contribution < 1.29 is 24.3 Å². The third-order valence-corrected chi connectivity index (χ3v) is 5.13. The summed E-state index contributed by atoms with van der Waals surface area (Å²) in [5.74, 6) is -3.10. The van der Waals surface area contributed by atoms with Crippen LogP contribution in [0.1, 0.15) is 45.2 Å². The zero-order valence-electron chi connectivity index (χ0n) is 18.6. The fourth-order valence-corrected chi connectivity index (χ4v) is 2.96. The number of rotatable bonds is 15. The molecule has 0 saturated heterocycles. The Morgan fingerprint density at radius 3 is 2.47 bits per heavy atom. The summed E-state index contributed by atoms with van der Waals surface area (Å²) in [6, 6.07) is -2.89. The van der Waals surface area contributed by atoms with E-state index in [0.717, 1.165) is 0 Å². The van der Waals surface area contributed by atoms with Gasteiger partial charge < -0.3 is 37.5 Å². The van der Waals surface area contributed by atoms with Crippen molar-refractivity contribution in [3.63, 3.8) is 0 Å². The predicted octanol–water partition coefficient (Wildman–Crippen LogP) is -1.37. The Morgan fingerprint density at radius 2 is 1.91 bits per heavy atom. The third kappa shape index (κ3) is 9.43. The van der Waals surface area contributed by atoms with E-state index in [1.54, 1.807) is 13.1 Å². The molecule has 0 saturated carbocycles. The van der Waals surface area contributed by atoms with Crippen molar-refractivity contribution in [1.29, 1.82) is 0 Å². The number of imidazole rings is 1. The molecular formula is C20H35N7O5. The van der Waals surface area contributed by atoms with Crippen LogP contribution >= 0.6 is 0 Å². The standard InChI is InChI=1S/C20H35N7O5/c1-3-12(2)17(19(30)26-15(20(31)32)6-4-5-7-21)27-16(28)10-24-18(29)14(22)8-13-9-23-11-25-13/h9,11-12,14-15,17H,3-8,10,21-22H2,1-2H3,(H,23,25)(H,24,29)(H,26,30)(H,27,28)(H,31,32). The van der Waals surface area contributed by atoms with E-state index in [0.29, 0.717) is 31.5 Å². The van der Waals surface area contributed by atoms with Crippen LogP contribution in [-0.4, -0.2) is 70.0 Å². The minimum absolute atomic E-state index is 0.228. The van der Waals surface area contributed by atoms with Gasteiger partial charge in [0, 0.05) is 18.3 Å². The number of nitrogens with one attached hydrogen (secondary N) is 4. The summed E-state index contributed by atoms with van der Waals surface area (Å²) in [5.41, 5.74) is 11.9. The lowest BCUT2D eigenvalue weighted by molar-refractivity contribution is -0.142. The second kappa shape index (κ2) is 14.1. The molecule has 0 spiro atoms. The molecule has 0 aliphatic rings. The first-order valence-electron chi connectivity index (χ1n) is 10.7. The van der Waals surface area contributed by atoms with Crippen LogP contribution in [0.25, 0.3) is 0 Å². The van der Waals surface area contributed by atoms with Crippen LogP contribution in [0.2, 0.25) is 0 Å². The van der Waals surface area contributed by atoms with Gasteiger partial charge in [0.05, 0.1) is 18.9 Å². The maximum Gasteiger partial charge on any atom is 0.326 e. The molecule has 4 unspecified atom stereocenters. The summed E-state index contributed by atoms with van der Waals surface area (Å²) in [6.07, 6.45) is 5.27. The van der Waals surface area contributed by atoms with Gasteiger partial charge in [-0.25, -0.2) is 9.78 Å². The molecule has 12 heteroatoms. The number of carbonyl (C=O) groups excluding carboxylic acids is 3. The molecule has 0 aliphatic carbocycles. The monoisotopic (exact) mass is 453 g/mol. The molecule has 1 aromatic rings. The Balaban J connectivity index is 2.62. The molecule has 32 heavy (non-hydrogen) atoms. The molecule has 1 rings (SSSR count). The number of nitrogens with two attached hydrogens (primary N) is 2. The number of aromatic amines is 1. The number of hydrogen-bond donors (Lipinski definition) is 7. The van der Waals surface area contributed by atoms with Gasteiger partial charge in [-0.1, -0.05) is 20.3 Å². The topological polar surface area (TPSA) is 205 Å². The van der Waals surface area contributed by atoms with E-state index >= 15 is 0 Å². The zero-order chi connectivity index (χ0) is 24.1. The fraction of sp³-hybridized carbons (Fsp3) is 0.650. The first-order valence-corrected chi connectivity index (χ1v) is 10.7. The van der Waals surface area contributed by atoms with Crippen molar-refractivity contribution in [3.05, 3.63) is 18.2 Å². The van der Waals surface area contributed by atoms with Gasteiger partial charge in [-0.2, -0.15) is 0 Å². The molecular weight excluding hydrogens is 418 g/mol.